The molecule has 2 heterocycles. The number of fused-ring (bicyclic) bond motifs is 1. The molecule has 41 heavy (non-hydrogen) atoms. The van der Waals surface area contributed by atoms with E-state index >= 15 is 0 Å². The second kappa shape index (κ2) is 12.1. The molecule has 1 fully saturated rings. The largest absolute Gasteiger partial charge is 0.362 e. The first-order chi connectivity index (χ1) is 20.1. The summed E-state index contributed by atoms with van der Waals surface area (Å²) < 4.78 is 2.39. The van der Waals surface area contributed by atoms with Gasteiger partial charge in [-0.1, -0.05) is 60.7 Å². The number of hydrogen-bond acceptors (Lipinski definition) is 5. The molecule has 0 bridgehead atoms. The first-order valence-electron chi connectivity index (χ1n) is 14.8. The van der Waals surface area contributed by atoms with Crippen LogP contribution in [0.15, 0.2) is 91.0 Å². The zero-order valence-corrected chi connectivity index (χ0v) is 24.3. The van der Waals surface area contributed by atoms with Crippen LogP contribution < -0.4 is 15.5 Å². The van der Waals surface area contributed by atoms with Crippen LogP contribution in [0, 0.1) is 12.8 Å². The Kier molecular flexibility index (Phi) is 8.01. The molecule has 6 rings (SSSR count). The van der Waals surface area contributed by atoms with E-state index in [1.807, 2.05) is 26.2 Å². The number of hydrogen-bond donors (Lipinski definition) is 2. The van der Waals surface area contributed by atoms with Gasteiger partial charge in [0.05, 0.1) is 11.2 Å². The van der Waals surface area contributed by atoms with Crippen LogP contribution >= 0.6 is 0 Å². The molecule has 0 radical (unpaired) electrons. The highest BCUT2D eigenvalue weighted by atomic mass is 15.2. The first-order valence-corrected chi connectivity index (χ1v) is 14.8. The summed E-state index contributed by atoms with van der Waals surface area (Å²) in [5, 5.41) is 8.53. The van der Waals surface area contributed by atoms with Gasteiger partial charge in [-0.25, -0.2) is 4.98 Å². The topological polar surface area (TPSA) is 58.0 Å². The number of aromatic nitrogens is 3. The van der Waals surface area contributed by atoms with Crippen molar-refractivity contribution >= 4 is 22.7 Å². The molecule has 6 heteroatoms. The number of nitrogens with one attached hydrogen (secondary N) is 2. The maximum Gasteiger partial charge on any atom is 0.225 e. The van der Waals surface area contributed by atoms with E-state index in [-0.39, 0.29) is 0 Å². The van der Waals surface area contributed by atoms with E-state index in [1.165, 1.54) is 41.0 Å². The molecule has 2 aromatic heterocycles. The van der Waals surface area contributed by atoms with Gasteiger partial charge >= 0.3 is 0 Å². The third kappa shape index (κ3) is 5.98. The van der Waals surface area contributed by atoms with E-state index < -0.39 is 0 Å². The molecule has 0 amide bonds. The third-order valence-electron chi connectivity index (χ3n) is 8.37. The van der Waals surface area contributed by atoms with Gasteiger partial charge in [0.1, 0.15) is 5.82 Å². The Bertz CT molecular complexity index is 1580. The molecule has 0 spiro atoms. The average Bonchev–Trinajstić information content (AvgIpc) is 3.34. The van der Waals surface area contributed by atoms with Crippen LogP contribution in [0.5, 0.6) is 0 Å². The van der Waals surface area contributed by atoms with Crippen molar-refractivity contribution < 1.29 is 0 Å². The summed E-state index contributed by atoms with van der Waals surface area (Å²) in [4.78, 5) is 11.7. The summed E-state index contributed by atoms with van der Waals surface area (Å²) in [6.07, 6.45) is 4.69. The van der Waals surface area contributed by atoms with Crippen molar-refractivity contribution in [1.29, 1.82) is 0 Å². The minimum Gasteiger partial charge on any atom is -0.362 e. The van der Waals surface area contributed by atoms with Crippen molar-refractivity contribution in [3.63, 3.8) is 0 Å². The zero-order chi connectivity index (χ0) is 28.2. The van der Waals surface area contributed by atoms with Gasteiger partial charge in [-0.2, -0.15) is 4.98 Å². The fourth-order valence-electron chi connectivity index (χ4n) is 6.14. The maximum absolute atomic E-state index is 4.85. The monoisotopic (exact) mass is 544 g/mol. The van der Waals surface area contributed by atoms with Crippen LogP contribution in [0.3, 0.4) is 0 Å². The Morgan fingerprint density at radius 3 is 2.24 bits per heavy atom. The molecule has 3 aromatic carbocycles. The van der Waals surface area contributed by atoms with Crippen LogP contribution in [-0.4, -0.2) is 41.2 Å². The summed E-state index contributed by atoms with van der Waals surface area (Å²) in [6, 6.07) is 32.4. The smallest absolute Gasteiger partial charge is 0.225 e. The first kappa shape index (κ1) is 27.0. The minimum absolute atomic E-state index is 0.415. The third-order valence-corrected chi connectivity index (χ3v) is 8.37. The van der Waals surface area contributed by atoms with Crippen molar-refractivity contribution in [2.24, 2.45) is 5.92 Å². The number of benzene rings is 3. The summed E-state index contributed by atoms with van der Waals surface area (Å²) in [7, 11) is 4.08. The molecule has 5 aromatic rings. The molecule has 1 aliphatic rings. The Morgan fingerprint density at radius 1 is 0.829 bits per heavy atom. The number of rotatable bonds is 9. The Balaban J connectivity index is 1.07. The molecular formula is C35H40N6. The average molecular weight is 545 g/mol. The van der Waals surface area contributed by atoms with E-state index in [1.54, 1.807) is 0 Å². The lowest BCUT2D eigenvalue weighted by Gasteiger charge is -2.29. The number of anilines is 2. The molecule has 0 saturated heterocycles. The predicted molar refractivity (Wildman–Crippen MR) is 171 cm³/mol. The normalized spacial score (nSPS) is 17.0. The molecule has 1 saturated carbocycles. The molecular weight excluding hydrogens is 504 g/mol. The lowest BCUT2D eigenvalue weighted by Crippen LogP contribution is -2.31. The minimum atomic E-state index is 0.415. The van der Waals surface area contributed by atoms with Gasteiger partial charge < -0.3 is 20.1 Å². The molecule has 2 N–H and O–H groups in total. The highest BCUT2D eigenvalue weighted by Gasteiger charge is 2.23. The zero-order valence-electron chi connectivity index (χ0n) is 24.3. The van der Waals surface area contributed by atoms with E-state index in [9.17, 15) is 0 Å². The molecule has 1 aliphatic carbocycles. The summed E-state index contributed by atoms with van der Waals surface area (Å²) in [5.41, 5.74) is 7.32. The summed E-state index contributed by atoms with van der Waals surface area (Å²) in [5.74, 6) is 2.39. The number of nitrogens with zero attached hydrogens (tertiary/aromatic N) is 4. The maximum atomic E-state index is 4.85. The molecule has 0 atom stereocenters. The van der Waals surface area contributed by atoms with Gasteiger partial charge in [-0.3, -0.25) is 0 Å². The van der Waals surface area contributed by atoms with E-state index in [2.05, 4.69) is 106 Å². The summed E-state index contributed by atoms with van der Waals surface area (Å²) >= 11 is 0. The van der Waals surface area contributed by atoms with Crippen molar-refractivity contribution in [2.45, 2.75) is 45.2 Å². The Labute approximate surface area is 243 Å². The van der Waals surface area contributed by atoms with Crippen LogP contribution in [0.1, 0.15) is 36.9 Å². The van der Waals surface area contributed by atoms with E-state index in [0.29, 0.717) is 12.0 Å². The standard InChI is InChI=1S/C35H40N6/c1-25-28(22-33(27-12-6-4-7-13-27)41(25)30-14-8-5-9-15-30)24-36-23-26-18-20-29(21-19-26)37-35-38-32-17-11-10-16-31(32)34(39-35)40(2)3/h4-17,22,26,29,36H,18-21,23-24H2,1-3H3,(H,37,38,39)/t26-,29+. The quantitative estimate of drug-likeness (QED) is 0.205. The fraction of sp³-hybridized carbons (Fsp3) is 0.314. The second-order valence-electron chi connectivity index (χ2n) is 11.5. The van der Waals surface area contributed by atoms with Crippen LogP contribution in [0.2, 0.25) is 0 Å². The lowest BCUT2D eigenvalue weighted by molar-refractivity contribution is 0.323. The van der Waals surface area contributed by atoms with Crippen molar-refractivity contribution in [2.75, 3.05) is 30.9 Å². The molecule has 6 nitrogen and oxygen atoms in total. The van der Waals surface area contributed by atoms with Gasteiger partial charge in [-0.05, 0) is 86.5 Å². The van der Waals surface area contributed by atoms with Gasteiger partial charge in [0.25, 0.3) is 0 Å². The highest BCUT2D eigenvalue weighted by molar-refractivity contribution is 5.90. The van der Waals surface area contributed by atoms with Crippen LogP contribution in [0.25, 0.3) is 27.8 Å². The van der Waals surface area contributed by atoms with Gasteiger partial charge in [0.15, 0.2) is 0 Å². The van der Waals surface area contributed by atoms with Crippen molar-refractivity contribution in [1.82, 2.24) is 19.9 Å². The van der Waals surface area contributed by atoms with Crippen LogP contribution in [0.4, 0.5) is 11.8 Å². The van der Waals surface area contributed by atoms with Crippen LogP contribution in [-0.2, 0) is 6.54 Å². The summed E-state index contributed by atoms with van der Waals surface area (Å²) in [6.45, 7) is 4.16. The molecule has 0 aliphatic heterocycles. The van der Waals surface area contributed by atoms with E-state index in [4.69, 9.17) is 9.97 Å². The molecule has 0 unspecified atom stereocenters. The van der Waals surface area contributed by atoms with Crippen molar-refractivity contribution in [3.8, 4) is 16.9 Å². The predicted octanol–water partition coefficient (Wildman–Crippen LogP) is 7.22. The van der Waals surface area contributed by atoms with Gasteiger partial charge in [-0.15, -0.1) is 0 Å². The van der Waals surface area contributed by atoms with Gasteiger partial charge in [0.2, 0.25) is 5.95 Å². The van der Waals surface area contributed by atoms with Gasteiger partial charge in [0, 0.05) is 43.4 Å². The Morgan fingerprint density at radius 2 is 1.51 bits per heavy atom. The lowest BCUT2D eigenvalue weighted by atomic mass is 9.86. The SMILES string of the molecule is Cc1c(CNC[C@H]2CC[C@@H](Nc3nc(N(C)C)c4ccccc4n3)CC2)cc(-c2ccccc2)n1-c1ccccc1. The fourth-order valence-corrected chi connectivity index (χ4v) is 6.14. The molecule has 210 valence electrons. The van der Waals surface area contributed by atoms with E-state index in [0.717, 1.165) is 48.6 Å². The Hall–Kier alpha value is -4.16. The van der Waals surface area contributed by atoms with Crippen molar-refractivity contribution in [3.05, 3.63) is 102 Å². The number of para-hydroxylation sites is 2. The highest BCUT2D eigenvalue weighted by Crippen LogP contribution is 2.31. The second-order valence-corrected chi connectivity index (χ2v) is 11.5.